The molecule has 6 nitrogen and oxygen atoms in total. The molecule has 2 aromatic heterocycles. The predicted octanol–water partition coefficient (Wildman–Crippen LogP) is 3.01. The predicted molar refractivity (Wildman–Crippen MR) is 89.7 cm³/mol. The van der Waals surface area contributed by atoms with E-state index in [2.05, 4.69) is 20.3 Å². The molecule has 0 aliphatic carbocycles. The molecule has 6 heteroatoms. The molecule has 24 heavy (non-hydrogen) atoms. The number of nitrogens with one attached hydrogen (secondary N) is 1. The van der Waals surface area contributed by atoms with Gasteiger partial charge in [-0.1, -0.05) is 30.3 Å². The van der Waals surface area contributed by atoms with E-state index >= 15 is 0 Å². The number of pyridine rings is 1. The van der Waals surface area contributed by atoms with Gasteiger partial charge < -0.3 is 10.1 Å². The summed E-state index contributed by atoms with van der Waals surface area (Å²) >= 11 is 0. The van der Waals surface area contributed by atoms with E-state index < -0.39 is 0 Å². The van der Waals surface area contributed by atoms with Gasteiger partial charge in [-0.25, -0.2) is 15.0 Å². The van der Waals surface area contributed by atoms with E-state index in [1.54, 1.807) is 12.3 Å². The van der Waals surface area contributed by atoms with Crippen molar-refractivity contribution >= 4 is 11.7 Å². The highest BCUT2D eigenvalue weighted by Gasteiger charge is 2.10. The SMILES string of the molecule is Cc1ccnc(NC(=O)c2cc(OCc3ccccc3)ncn2)c1. The highest BCUT2D eigenvalue weighted by atomic mass is 16.5. The number of carbonyl (C=O) groups excluding carboxylic acids is 1. The van der Waals surface area contributed by atoms with Crippen molar-refractivity contribution in [1.29, 1.82) is 0 Å². The third-order valence-corrected chi connectivity index (χ3v) is 3.26. The number of ether oxygens (including phenoxy) is 1. The highest BCUT2D eigenvalue weighted by molar-refractivity contribution is 6.02. The summed E-state index contributed by atoms with van der Waals surface area (Å²) in [7, 11) is 0. The number of rotatable bonds is 5. The normalized spacial score (nSPS) is 10.2. The molecule has 0 aliphatic rings. The second kappa shape index (κ2) is 7.32. The second-order valence-electron chi connectivity index (χ2n) is 5.19. The standard InChI is InChI=1S/C18H16N4O2/c1-13-7-8-19-16(9-13)22-18(23)15-10-17(21-12-20-15)24-11-14-5-3-2-4-6-14/h2-10,12H,11H2,1H3,(H,19,22,23). The number of anilines is 1. The minimum atomic E-state index is -0.361. The van der Waals surface area contributed by atoms with Gasteiger partial charge in [0.05, 0.1) is 0 Å². The molecule has 0 unspecified atom stereocenters. The average Bonchev–Trinajstić information content (AvgIpc) is 2.61. The molecule has 0 radical (unpaired) electrons. The Kier molecular flexibility index (Phi) is 4.76. The van der Waals surface area contributed by atoms with Crippen molar-refractivity contribution in [3.63, 3.8) is 0 Å². The fourth-order valence-corrected chi connectivity index (χ4v) is 2.06. The number of amides is 1. The van der Waals surface area contributed by atoms with Crippen molar-refractivity contribution < 1.29 is 9.53 Å². The lowest BCUT2D eigenvalue weighted by Crippen LogP contribution is -2.15. The summed E-state index contributed by atoms with van der Waals surface area (Å²) in [5.41, 5.74) is 2.25. The number of hydrogen-bond donors (Lipinski definition) is 1. The molecular weight excluding hydrogens is 304 g/mol. The van der Waals surface area contributed by atoms with Crippen LogP contribution in [0.1, 0.15) is 21.6 Å². The molecule has 1 amide bonds. The number of aromatic nitrogens is 3. The van der Waals surface area contributed by atoms with Gasteiger partial charge >= 0.3 is 0 Å². The van der Waals surface area contributed by atoms with E-state index in [0.29, 0.717) is 18.3 Å². The summed E-state index contributed by atoms with van der Waals surface area (Å²) in [4.78, 5) is 24.4. The Morgan fingerprint density at radius 1 is 1.08 bits per heavy atom. The molecule has 1 N–H and O–H groups in total. The molecule has 0 fully saturated rings. The number of nitrogens with zero attached hydrogens (tertiary/aromatic N) is 3. The van der Waals surface area contributed by atoms with Crippen LogP contribution in [0.3, 0.4) is 0 Å². The van der Waals surface area contributed by atoms with E-state index in [9.17, 15) is 4.79 Å². The molecule has 0 saturated carbocycles. The van der Waals surface area contributed by atoms with E-state index in [4.69, 9.17) is 4.74 Å². The highest BCUT2D eigenvalue weighted by Crippen LogP contribution is 2.12. The molecule has 1 aromatic carbocycles. The molecule has 0 spiro atoms. The van der Waals surface area contributed by atoms with E-state index in [0.717, 1.165) is 11.1 Å². The van der Waals surface area contributed by atoms with Crippen LogP contribution in [0, 0.1) is 6.92 Å². The smallest absolute Gasteiger partial charge is 0.275 e. The van der Waals surface area contributed by atoms with Gasteiger partial charge in [0.2, 0.25) is 5.88 Å². The zero-order chi connectivity index (χ0) is 16.8. The van der Waals surface area contributed by atoms with Crippen molar-refractivity contribution in [2.24, 2.45) is 0 Å². The van der Waals surface area contributed by atoms with Crippen molar-refractivity contribution in [2.45, 2.75) is 13.5 Å². The average molecular weight is 320 g/mol. The maximum absolute atomic E-state index is 12.3. The number of carbonyl (C=O) groups is 1. The maximum atomic E-state index is 12.3. The first kappa shape index (κ1) is 15.6. The van der Waals surface area contributed by atoms with Gasteiger partial charge in [0.15, 0.2) is 0 Å². The minimum absolute atomic E-state index is 0.219. The van der Waals surface area contributed by atoms with Crippen molar-refractivity contribution in [2.75, 3.05) is 5.32 Å². The van der Waals surface area contributed by atoms with E-state index in [-0.39, 0.29) is 11.6 Å². The first-order chi connectivity index (χ1) is 11.7. The summed E-state index contributed by atoms with van der Waals surface area (Å²) in [6, 6.07) is 14.9. The third-order valence-electron chi connectivity index (χ3n) is 3.26. The molecule has 120 valence electrons. The summed E-state index contributed by atoms with van der Waals surface area (Å²) in [6.45, 7) is 2.30. The van der Waals surface area contributed by atoms with Crippen LogP contribution in [0.25, 0.3) is 0 Å². The fourth-order valence-electron chi connectivity index (χ4n) is 2.06. The molecule has 3 aromatic rings. The summed E-state index contributed by atoms with van der Waals surface area (Å²) in [6.07, 6.45) is 2.94. The summed E-state index contributed by atoms with van der Waals surface area (Å²) in [5.74, 6) is 0.460. The van der Waals surface area contributed by atoms with E-state index in [1.165, 1.54) is 12.4 Å². The summed E-state index contributed by atoms with van der Waals surface area (Å²) in [5, 5.41) is 2.70. The van der Waals surface area contributed by atoms with Gasteiger partial charge in [-0.3, -0.25) is 4.79 Å². The molecule has 0 atom stereocenters. The maximum Gasteiger partial charge on any atom is 0.275 e. The zero-order valence-corrected chi connectivity index (χ0v) is 13.1. The van der Waals surface area contributed by atoms with Gasteiger partial charge in [0, 0.05) is 12.3 Å². The number of aryl methyl sites for hydroxylation is 1. The molecule has 0 saturated heterocycles. The number of benzene rings is 1. The van der Waals surface area contributed by atoms with Crippen LogP contribution in [0.4, 0.5) is 5.82 Å². The Balaban J connectivity index is 1.67. The molecule has 0 bridgehead atoms. The van der Waals surface area contributed by atoms with Crippen LogP contribution in [0.15, 0.2) is 61.1 Å². The first-order valence-corrected chi connectivity index (χ1v) is 7.43. The first-order valence-electron chi connectivity index (χ1n) is 7.43. The largest absolute Gasteiger partial charge is 0.473 e. The lowest BCUT2D eigenvalue weighted by molar-refractivity contribution is 0.102. The van der Waals surface area contributed by atoms with Crippen LogP contribution in [0.2, 0.25) is 0 Å². The Labute approximate surface area is 139 Å². The second-order valence-corrected chi connectivity index (χ2v) is 5.19. The number of hydrogen-bond acceptors (Lipinski definition) is 5. The lowest BCUT2D eigenvalue weighted by atomic mass is 10.2. The summed E-state index contributed by atoms with van der Waals surface area (Å²) < 4.78 is 5.61. The third kappa shape index (κ3) is 4.13. The monoisotopic (exact) mass is 320 g/mol. The van der Waals surface area contributed by atoms with Crippen LogP contribution >= 0.6 is 0 Å². The van der Waals surface area contributed by atoms with Crippen molar-refractivity contribution in [3.8, 4) is 5.88 Å². The Bertz CT molecular complexity index is 837. The topological polar surface area (TPSA) is 77.0 Å². The van der Waals surface area contributed by atoms with Gasteiger partial charge in [0.1, 0.15) is 24.4 Å². The minimum Gasteiger partial charge on any atom is -0.473 e. The van der Waals surface area contributed by atoms with Gasteiger partial charge in [0.25, 0.3) is 5.91 Å². The Morgan fingerprint density at radius 2 is 1.92 bits per heavy atom. The Morgan fingerprint density at radius 3 is 2.71 bits per heavy atom. The van der Waals surface area contributed by atoms with Crippen LogP contribution in [0.5, 0.6) is 5.88 Å². The molecule has 3 rings (SSSR count). The van der Waals surface area contributed by atoms with Gasteiger partial charge in [-0.15, -0.1) is 0 Å². The molecule has 0 aliphatic heterocycles. The van der Waals surface area contributed by atoms with Gasteiger partial charge in [-0.2, -0.15) is 0 Å². The lowest BCUT2D eigenvalue weighted by Gasteiger charge is -2.07. The van der Waals surface area contributed by atoms with Crippen LogP contribution in [-0.2, 0) is 6.61 Å². The van der Waals surface area contributed by atoms with Crippen molar-refractivity contribution in [3.05, 3.63) is 77.9 Å². The van der Waals surface area contributed by atoms with Gasteiger partial charge in [-0.05, 0) is 30.2 Å². The quantitative estimate of drug-likeness (QED) is 0.782. The van der Waals surface area contributed by atoms with Crippen molar-refractivity contribution in [1.82, 2.24) is 15.0 Å². The van der Waals surface area contributed by atoms with Crippen LogP contribution < -0.4 is 10.1 Å². The fraction of sp³-hybridized carbons (Fsp3) is 0.111. The zero-order valence-electron chi connectivity index (χ0n) is 13.1. The molecular formula is C18H16N4O2. The Hall–Kier alpha value is -3.28. The van der Waals surface area contributed by atoms with E-state index in [1.807, 2.05) is 43.3 Å². The molecule has 2 heterocycles. The van der Waals surface area contributed by atoms with Crippen LogP contribution in [-0.4, -0.2) is 20.9 Å².